The largest absolute Gasteiger partial charge is 0.510 e. The van der Waals surface area contributed by atoms with E-state index < -0.39 is 0 Å². The molecule has 0 fully saturated rings. The summed E-state index contributed by atoms with van der Waals surface area (Å²) >= 11 is 0. The van der Waals surface area contributed by atoms with Gasteiger partial charge < -0.3 is 10.8 Å². The fourth-order valence-electron chi connectivity index (χ4n) is 0.881. The molecule has 0 bridgehead atoms. The Morgan fingerprint density at radius 1 is 1.56 bits per heavy atom. The van der Waals surface area contributed by atoms with Gasteiger partial charge in [0.2, 0.25) is 0 Å². The van der Waals surface area contributed by atoms with Gasteiger partial charge in [-0.3, -0.25) is 0 Å². The molecule has 0 radical (unpaired) electrons. The first-order chi connectivity index (χ1) is 4.20. The molecule has 0 aromatic carbocycles. The normalized spacial score (nSPS) is 19.9. The second-order valence-corrected chi connectivity index (χ2v) is 2.39. The monoisotopic (exact) mass is 125 g/mol. The SMILES string of the molecule is CC1=CC(N)=C(O)CC1. The van der Waals surface area contributed by atoms with Crippen molar-refractivity contribution in [2.24, 2.45) is 5.73 Å². The minimum absolute atomic E-state index is 0.334. The smallest absolute Gasteiger partial charge is 0.115 e. The van der Waals surface area contributed by atoms with E-state index in [9.17, 15) is 0 Å². The molecule has 0 aromatic heterocycles. The fourth-order valence-corrected chi connectivity index (χ4v) is 0.881. The summed E-state index contributed by atoms with van der Waals surface area (Å²) < 4.78 is 0. The van der Waals surface area contributed by atoms with E-state index in [4.69, 9.17) is 10.8 Å². The number of rotatable bonds is 0. The Hall–Kier alpha value is -0.920. The summed E-state index contributed by atoms with van der Waals surface area (Å²) in [6.07, 6.45) is 3.46. The Bertz CT molecular complexity index is 179. The molecular formula is C7H11NO. The summed E-state index contributed by atoms with van der Waals surface area (Å²) in [7, 11) is 0. The second-order valence-electron chi connectivity index (χ2n) is 2.39. The van der Waals surface area contributed by atoms with Crippen LogP contribution in [-0.2, 0) is 0 Å². The van der Waals surface area contributed by atoms with Gasteiger partial charge in [0.05, 0.1) is 5.70 Å². The van der Waals surface area contributed by atoms with Gasteiger partial charge in [0, 0.05) is 6.42 Å². The van der Waals surface area contributed by atoms with Crippen LogP contribution in [0.2, 0.25) is 0 Å². The minimum Gasteiger partial charge on any atom is -0.510 e. The molecule has 1 aliphatic rings. The Balaban J connectivity index is 2.83. The van der Waals surface area contributed by atoms with Gasteiger partial charge in [0.15, 0.2) is 0 Å². The summed E-state index contributed by atoms with van der Waals surface area (Å²) in [4.78, 5) is 0. The van der Waals surface area contributed by atoms with Crippen molar-refractivity contribution in [3.05, 3.63) is 23.1 Å². The van der Waals surface area contributed by atoms with Gasteiger partial charge in [-0.1, -0.05) is 5.57 Å². The average Bonchev–Trinajstić information content (AvgIpc) is 1.80. The van der Waals surface area contributed by atoms with Crippen LogP contribution in [0.3, 0.4) is 0 Å². The van der Waals surface area contributed by atoms with Gasteiger partial charge in [-0.25, -0.2) is 0 Å². The number of aliphatic hydroxyl groups excluding tert-OH is 1. The highest BCUT2D eigenvalue weighted by atomic mass is 16.3. The van der Waals surface area contributed by atoms with Crippen LogP contribution in [0.5, 0.6) is 0 Å². The summed E-state index contributed by atoms with van der Waals surface area (Å²) in [6.45, 7) is 2.01. The molecular weight excluding hydrogens is 114 g/mol. The minimum atomic E-state index is 0.334. The first-order valence-corrected chi connectivity index (χ1v) is 3.05. The van der Waals surface area contributed by atoms with Crippen molar-refractivity contribution in [2.45, 2.75) is 19.8 Å². The molecule has 1 aliphatic carbocycles. The van der Waals surface area contributed by atoms with Crippen LogP contribution in [0.1, 0.15) is 19.8 Å². The van der Waals surface area contributed by atoms with Crippen molar-refractivity contribution >= 4 is 0 Å². The van der Waals surface area contributed by atoms with Crippen LogP contribution in [0.4, 0.5) is 0 Å². The fraction of sp³-hybridized carbons (Fsp3) is 0.429. The van der Waals surface area contributed by atoms with Gasteiger partial charge in [-0.15, -0.1) is 0 Å². The van der Waals surface area contributed by atoms with Crippen LogP contribution in [0.15, 0.2) is 23.1 Å². The number of allylic oxidation sites excluding steroid dienone is 3. The van der Waals surface area contributed by atoms with Crippen LogP contribution < -0.4 is 5.73 Å². The standard InChI is InChI=1S/C7H11NO/c1-5-2-3-7(9)6(8)4-5/h4,9H,2-3,8H2,1H3. The highest BCUT2D eigenvalue weighted by Gasteiger charge is 2.05. The molecule has 0 atom stereocenters. The van der Waals surface area contributed by atoms with Gasteiger partial charge in [0.1, 0.15) is 5.76 Å². The lowest BCUT2D eigenvalue weighted by Gasteiger charge is -2.09. The zero-order valence-electron chi connectivity index (χ0n) is 5.52. The highest BCUT2D eigenvalue weighted by Crippen LogP contribution is 2.17. The molecule has 0 aromatic rings. The molecule has 50 valence electrons. The van der Waals surface area contributed by atoms with E-state index in [1.165, 1.54) is 5.57 Å². The van der Waals surface area contributed by atoms with Crippen molar-refractivity contribution in [3.8, 4) is 0 Å². The number of nitrogens with two attached hydrogens (primary N) is 1. The topological polar surface area (TPSA) is 46.2 Å². The molecule has 9 heavy (non-hydrogen) atoms. The van der Waals surface area contributed by atoms with Crippen molar-refractivity contribution in [1.82, 2.24) is 0 Å². The van der Waals surface area contributed by atoms with Crippen LogP contribution in [-0.4, -0.2) is 5.11 Å². The number of hydrogen-bond acceptors (Lipinski definition) is 2. The van der Waals surface area contributed by atoms with Gasteiger partial charge in [0.25, 0.3) is 0 Å². The highest BCUT2D eigenvalue weighted by molar-refractivity contribution is 5.26. The molecule has 3 N–H and O–H groups in total. The maximum Gasteiger partial charge on any atom is 0.115 e. The lowest BCUT2D eigenvalue weighted by Crippen LogP contribution is -2.04. The van der Waals surface area contributed by atoms with Gasteiger partial charge in [-0.05, 0) is 19.4 Å². The second kappa shape index (κ2) is 2.13. The van der Waals surface area contributed by atoms with Crippen LogP contribution in [0, 0.1) is 0 Å². The summed E-state index contributed by atoms with van der Waals surface area (Å²) in [5.41, 5.74) is 7.19. The third-order valence-corrected chi connectivity index (χ3v) is 1.49. The maximum atomic E-state index is 9.01. The van der Waals surface area contributed by atoms with Crippen molar-refractivity contribution < 1.29 is 5.11 Å². The van der Waals surface area contributed by atoms with Crippen molar-refractivity contribution in [2.75, 3.05) is 0 Å². The Morgan fingerprint density at radius 2 is 2.22 bits per heavy atom. The molecule has 1 rings (SSSR count). The quantitative estimate of drug-likeness (QED) is 0.514. The average molecular weight is 125 g/mol. The van der Waals surface area contributed by atoms with Crippen molar-refractivity contribution in [3.63, 3.8) is 0 Å². The van der Waals surface area contributed by atoms with E-state index in [-0.39, 0.29) is 0 Å². The molecule has 0 saturated heterocycles. The predicted molar refractivity (Wildman–Crippen MR) is 36.8 cm³/mol. The van der Waals surface area contributed by atoms with E-state index in [1.54, 1.807) is 0 Å². The van der Waals surface area contributed by atoms with Gasteiger partial charge >= 0.3 is 0 Å². The molecule has 0 unspecified atom stereocenters. The van der Waals surface area contributed by atoms with E-state index >= 15 is 0 Å². The third kappa shape index (κ3) is 1.25. The zero-order chi connectivity index (χ0) is 6.85. The van der Waals surface area contributed by atoms with E-state index in [1.807, 2.05) is 13.0 Å². The van der Waals surface area contributed by atoms with E-state index in [2.05, 4.69) is 0 Å². The molecule has 2 heteroatoms. The van der Waals surface area contributed by atoms with Crippen molar-refractivity contribution in [1.29, 1.82) is 0 Å². The molecule has 0 heterocycles. The molecule has 0 aliphatic heterocycles. The van der Waals surface area contributed by atoms with Crippen LogP contribution in [0.25, 0.3) is 0 Å². The van der Waals surface area contributed by atoms with Crippen LogP contribution >= 0.6 is 0 Å². The first kappa shape index (κ1) is 6.20. The molecule has 0 amide bonds. The lowest BCUT2D eigenvalue weighted by atomic mass is 10.0. The number of hydrogen-bond donors (Lipinski definition) is 2. The van der Waals surface area contributed by atoms with E-state index in [0.29, 0.717) is 17.9 Å². The molecule has 0 spiro atoms. The Morgan fingerprint density at radius 3 is 2.67 bits per heavy atom. The molecule has 0 saturated carbocycles. The Kier molecular flexibility index (Phi) is 1.47. The summed E-state index contributed by atoms with van der Waals surface area (Å²) in [5.74, 6) is 0.334. The Labute approximate surface area is 54.7 Å². The summed E-state index contributed by atoms with van der Waals surface area (Å²) in [5, 5.41) is 9.01. The third-order valence-electron chi connectivity index (χ3n) is 1.49. The lowest BCUT2D eigenvalue weighted by molar-refractivity contribution is 0.379. The summed E-state index contributed by atoms with van der Waals surface area (Å²) in [6, 6.07) is 0. The number of aliphatic hydroxyl groups is 1. The van der Waals surface area contributed by atoms with E-state index in [0.717, 1.165) is 6.42 Å². The maximum absolute atomic E-state index is 9.01. The first-order valence-electron chi connectivity index (χ1n) is 3.05. The predicted octanol–water partition coefficient (Wildman–Crippen LogP) is 1.45. The zero-order valence-corrected chi connectivity index (χ0v) is 5.52. The molecule has 2 nitrogen and oxygen atoms in total. The van der Waals surface area contributed by atoms with Gasteiger partial charge in [-0.2, -0.15) is 0 Å².